The Morgan fingerprint density at radius 3 is 0.702 bits per heavy atom. The Morgan fingerprint density at radius 2 is 0.404 bits per heavy atom. The van der Waals surface area contributed by atoms with Crippen LogP contribution >= 0.6 is 0 Å². The minimum Gasteiger partial charge on any atom is -0.240 e. The van der Waals surface area contributed by atoms with Gasteiger partial charge in [-0.15, -0.1) is 0 Å². The van der Waals surface area contributed by atoms with Gasteiger partial charge >= 0.3 is 0 Å². The van der Waals surface area contributed by atoms with Crippen LogP contribution in [0.15, 0.2) is 318 Å². The minimum absolute atomic E-state index is 0.231. The van der Waals surface area contributed by atoms with E-state index in [1.807, 2.05) is 252 Å². The lowest BCUT2D eigenvalue weighted by Crippen LogP contribution is -2.04. The van der Waals surface area contributed by atoms with Crippen LogP contribution < -0.4 is 0 Å². The zero-order chi connectivity index (χ0) is 102. The summed E-state index contributed by atoms with van der Waals surface area (Å²) in [6.45, 7) is 37.5. The van der Waals surface area contributed by atoms with Crippen LogP contribution in [0.1, 0.15) is 263 Å². The molecule has 0 atom stereocenters. The highest BCUT2D eigenvalue weighted by Gasteiger charge is 2.16. The second kappa shape index (κ2) is 56.0. The summed E-state index contributed by atoms with van der Waals surface area (Å²) < 4.78 is 0. The average molecular weight is 1860 g/mol. The molecule has 8 aromatic carbocycles. The summed E-state index contributed by atoms with van der Waals surface area (Å²) >= 11 is 0. The fourth-order valence-electron chi connectivity index (χ4n) is 12.3. The van der Waals surface area contributed by atoms with Crippen molar-refractivity contribution >= 4 is 0 Å². The van der Waals surface area contributed by atoms with Crippen LogP contribution in [-0.4, -0.2) is 94.7 Å². The van der Waals surface area contributed by atoms with Gasteiger partial charge in [0.15, 0.2) is 29.1 Å². The number of aromatic nitrogens is 19. The molecule has 25 heteroatoms. The summed E-state index contributed by atoms with van der Waals surface area (Å²) in [5.41, 5.74) is 18.6. The summed E-state index contributed by atoms with van der Waals surface area (Å²) in [6, 6.07) is 82.0. The predicted octanol–water partition coefficient (Wildman–Crippen LogP) is 26.4. The highest BCUT2D eigenvalue weighted by molar-refractivity contribution is 5.66. The maximum absolute atomic E-state index is 8.84. The first-order chi connectivity index (χ1) is 68.1. The SMILES string of the molecule is CC(C)c1cnc(-c2ccc(C#N)cc2)nc1.CC(C)c1cnc(-c2cccc(C#N)c2)nc1.CC(C)c1cnc(-c2ccccc2)nc1.CC(C)c1cnc(C#N)nc1.CC(C)c1nc(-c2ccccc2)nc(-c2ccccc2)n1.CC(C)c1ncc(-c2ccc(C#N)cc2)cn1.CC(C)c1ncc(-c2cccc(C#N)c2)cn1.CC(C)c1ncc(-c2ccccc2)cn1.CC(C)c1ncc(C#N)cn1. The van der Waals surface area contributed by atoms with Gasteiger partial charge < -0.3 is 0 Å². The Morgan fingerprint density at radius 1 is 0.163 bits per heavy atom. The van der Waals surface area contributed by atoms with Crippen LogP contribution in [0.5, 0.6) is 0 Å². The molecule has 0 aliphatic heterocycles. The number of benzene rings is 8. The molecule has 704 valence electrons. The van der Waals surface area contributed by atoms with Gasteiger partial charge in [-0.05, 0) is 123 Å². The van der Waals surface area contributed by atoms with Gasteiger partial charge in [0.2, 0.25) is 5.82 Å². The Kier molecular flexibility index (Phi) is 42.5. The molecule has 141 heavy (non-hydrogen) atoms. The first-order valence-corrected chi connectivity index (χ1v) is 46.4. The van der Waals surface area contributed by atoms with E-state index in [9.17, 15) is 0 Å². The van der Waals surface area contributed by atoms with E-state index >= 15 is 0 Å². The summed E-state index contributed by atoms with van der Waals surface area (Å²) in [5.74, 6) is 11.4. The molecule has 9 heterocycles. The lowest BCUT2D eigenvalue weighted by Gasteiger charge is -2.09. The van der Waals surface area contributed by atoms with Crippen LogP contribution in [0, 0.1) is 68.0 Å². The van der Waals surface area contributed by atoms with Gasteiger partial charge in [-0.25, -0.2) is 94.7 Å². The van der Waals surface area contributed by atoms with Gasteiger partial charge in [-0.1, -0.05) is 282 Å². The molecule has 0 amide bonds. The maximum atomic E-state index is 8.84. The van der Waals surface area contributed by atoms with E-state index < -0.39 is 0 Å². The number of rotatable bonds is 17. The van der Waals surface area contributed by atoms with E-state index in [4.69, 9.17) is 31.6 Å². The third-order valence-corrected chi connectivity index (χ3v) is 20.9. The van der Waals surface area contributed by atoms with E-state index in [2.05, 4.69) is 242 Å². The van der Waals surface area contributed by atoms with E-state index in [0.29, 0.717) is 86.8 Å². The molecule has 0 spiro atoms. The molecule has 0 fully saturated rings. The number of nitrogens with zero attached hydrogens (tertiary/aromatic N) is 25. The Hall–Kier alpha value is -17.7. The topological polar surface area (TPSA) is 388 Å². The van der Waals surface area contributed by atoms with Gasteiger partial charge in [0, 0.05) is 173 Å². The number of hydrogen-bond donors (Lipinski definition) is 0. The predicted molar refractivity (Wildman–Crippen MR) is 555 cm³/mol. The molecular formula is C116H115N25. The lowest BCUT2D eigenvalue weighted by molar-refractivity contribution is 0.766. The molecule has 0 bridgehead atoms. The summed E-state index contributed by atoms with van der Waals surface area (Å²) in [7, 11) is 0. The normalized spacial score (nSPS) is 10.3. The van der Waals surface area contributed by atoms with Crippen molar-refractivity contribution in [3.8, 4) is 127 Å². The highest BCUT2D eigenvalue weighted by Crippen LogP contribution is 2.28. The van der Waals surface area contributed by atoms with Gasteiger partial charge in [-0.2, -0.15) is 31.6 Å². The third kappa shape index (κ3) is 34.6. The standard InChI is InChI=1S/C18H17N3.4C14H13N3.2C13H14N2.2C8H9N3/c1-13(2)16-19-17(14-9-5-3-6-10-14)21-18(20-16)15-11-7-4-8-12-15;1-10(2)14-16-8-13(9-17-14)12-5-3-11(7-15)4-6-12;1-10(2)13-8-16-14(17-9-13)12-5-3-11(7-15)4-6-12;1-10(2)14-16-8-13(9-17-14)12-5-3-4-11(6-12)7-15;1-10(2)13-8-16-14(17-9-13)12-5-3-4-11(6-12)7-15;1-10(2)13-14-8-12(9-15-13)11-6-4-3-5-7-11;1-10(2)12-8-14-13(15-9-12)11-6-4-3-5-7-11;1-6(2)7-4-10-8(3-9)11-5-7;1-6(2)8-10-4-7(3-9)5-11-8/h3-13H,1-2H3;4*3-6,8-10H,1-2H3;2*3-10H,1-2H3;2*4-6H,1-2H3. The first-order valence-electron chi connectivity index (χ1n) is 46.4. The summed E-state index contributed by atoms with van der Waals surface area (Å²) in [5, 5.41) is 51.9. The Balaban J connectivity index is 0.000000178. The molecule has 9 aromatic heterocycles. The van der Waals surface area contributed by atoms with Crippen molar-refractivity contribution < 1.29 is 0 Å². The van der Waals surface area contributed by atoms with Crippen molar-refractivity contribution in [1.82, 2.24) is 94.7 Å². The quantitative estimate of drug-likeness (QED) is 0.0817. The van der Waals surface area contributed by atoms with E-state index in [0.717, 1.165) is 124 Å². The molecule has 0 aliphatic rings. The summed E-state index contributed by atoms with van der Waals surface area (Å²) in [4.78, 5) is 81.6. The lowest BCUT2D eigenvalue weighted by atomic mass is 10.1. The molecule has 0 saturated carbocycles. The maximum Gasteiger partial charge on any atom is 0.232 e. The second-order valence-electron chi connectivity index (χ2n) is 34.9. The van der Waals surface area contributed by atoms with Gasteiger partial charge in [0.05, 0.1) is 52.1 Å². The van der Waals surface area contributed by atoms with Crippen molar-refractivity contribution in [3.05, 3.63) is 403 Å². The van der Waals surface area contributed by atoms with Gasteiger partial charge in [0.25, 0.3) is 0 Å². The van der Waals surface area contributed by atoms with E-state index in [1.54, 1.807) is 79.6 Å². The zero-order valence-corrected chi connectivity index (χ0v) is 82.9. The molecule has 0 aliphatic carbocycles. The smallest absolute Gasteiger partial charge is 0.232 e. The summed E-state index contributed by atoms with van der Waals surface area (Å²) in [6.07, 6.45) is 28.7. The largest absolute Gasteiger partial charge is 0.240 e. The minimum atomic E-state index is 0.231. The molecular weight excluding hydrogens is 1740 g/mol. The van der Waals surface area contributed by atoms with Crippen LogP contribution in [0.25, 0.3) is 90.3 Å². The molecule has 17 aromatic rings. The fourth-order valence-corrected chi connectivity index (χ4v) is 12.3. The molecule has 25 nitrogen and oxygen atoms in total. The zero-order valence-electron chi connectivity index (χ0n) is 82.9. The van der Waals surface area contributed by atoms with Crippen molar-refractivity contribution in [1.29, 1.82) is 31.6 Å². The van der Waals surface area contributed by atoms with Gasteiger partial charge in [-0.3, -0.25) is 0 Å². The van der Waals surface area contributed by atoms with E-state index in [-0.39, 0.29) is 11.7 Å². The molecule has 17 rings (SSSR count). The van der Waals surface area contributed by atoms with Crippen molar-refractivity contribution in [2.45, 2.75) is 178 Å². The van der Waals surface area contributed by atoms with Crippen LogP contribution in [0.4, 0.5) is 0 Å². The first kappa shape index (κ1) is 107. The van der Waals surface area contributed by atoms with Gasteiger partial charge in [0.1, 0.15) is 41.3 Å². The van der Waals surface area contributed by atoms with Crippen molar-refractivity contribution in [3.63, 3.8) is 0 Å². The molecule has 0 unspecified atom stereocenters. The Labute approximate surface area is 828 Å². The Bertz CT molecular complexity index is 6500. The third-order valence-electron chi connectivity index (χ3n) is 20.9. The second-order valence-corrected chi connectivity index (χ2v) is 34.9. The highest BCUT2D eigenvalue weighted by atomic mass is 15.0. The molecule has 0 N–H and O–H groups in total. The number of hydrogen-bond acceptors (Lipinski definition) is 25. The molecule has 0 radical (unpaired) electrons. The van der Waals surface area contributed by atoms with Crippen LogP contribution in [0.3, 0.4) is 0 Å². The average Bonchev–Trinajstić information content (AvgIpc) is 0.818. The van der Waals surface area contributed by atoms with Crippen molar-refractivity contribution in [2.24, 2.45) is 0 Å². The van der Waals surface area contributed by atoms with Crippen LogP contribution in [0.2, 0.25) is 0 Å². The van der Waals surface area contributed by atoms with E-state index in [1.165, 1.54) is 5.56 Å². The fraction of sp³-hybridized carbons (Fsp3) is 0.233. The molecule has 0 saturated heterocycles. The number of nitriles is 6. The van der Waals surface area contributed by atoms with Crippen LogP contribution in [-0.2, 0) is 0 Å². The van der Waals surface area contributed by atoms with Crippen molar-refractivity contribution in [2.75, 3.05) is 0 Å². The monoisotopic (exact) mass is 1860 g/mol.